The van der Waals surface area contributed by atoms with Crippen molar-refractivity contribution in [3.05, 3.63) is 60.3 Å². The number of nitrogens with zero attached hydrogens (tertiary/aromatic N) is 3. The van der Waals surface area contributed by atoms with E-state index in [9.17, 15) is 8.42 Å². The number of hydrogen-bond donors (Lipinski definition) is 0. The molecule has 4 aromatic rings. The Kier molecular flexibility index (Phi) is 5.30. The lowest BCUT2D eigenvalue weighted by Gasteiger charge is -2.00. The molecule has 2 aromatic heterocycles. The highest BCUT2D eigenvalue weighted by Gasteiger charge is 2.18. The molecule has 150 valence electrons. The van der Waals surface area contributed by atoms with Crippen LogP contribution in [0.1, 0.15) is 18.2 Å². The minimum absolute atomic E-state index is 0.0252. The summed E-state index contributed by atoms with van der Waals surface area (Å²) in [6.45, 7) is 0. The van der Waals surface area contributed by atoms with Crippen molar-refractivity contribution < 1.29 is 22.1 Å². The second-order valence-corrected chi connectivity index (χ2v) is 8.70. The number of ether oxygens (including phenoxy) is 1. The average molecular weight is 413 g/mol. The monoisotopic (exact) mass is 413 g/mol. The number of fused-ring (bicyclic) bond motifs is 1. The molecule has 0 spiro atoms. The molecule has 0 atom stereocenters. The van der Waals surface area contributed by atoms with Crippen molar-refractivity contribution in [2.24, 2.45) is 0 Å². The number of aryl methyl sites for hydroxylation is 1. The molecule has 2 heterocycles. The third kappa shape index (κ3) is 4.62. The fourth-order valence-corrected chi connectivity index (χ4v) is 4.15. The number of oxazole rings is 1. The van der Waals surface area contributed by atoms with Gasteiger partial charge in [0.05, 0.1) is 12.9 Å². The first-order chi connectivity index (χ1) is 14.0. The summed E-state index contributed by atoms with van der Waals surface area (Å²) in [6, 6.07) is 14.6. The molecule has 9 heteroatoms. The van der Waals surface area contributed by atoms with E-state index in [1.807, 2.05) is 24.3 Å². The van der Waals surface area contributed by atoms with E-state index in [-0.39, 0.29) is 17.4 Å². The number of rotatable bonds is 8. The second-order valence-electron chi connectivity index (χ2n) is 6.51. The maximum absolute atomic E-state index is 12.4. The van der Waals surface area contributed by atoms with Crippen LogP contribution in [0, 0.1) is 0 Å². The zero-order chi connectivity index (χ0) is 20.3. The summed E-state index contributed by atoms with van der Waals surface area (Å²) in [4.78, 5) is 8.55. The number of benzene rings is 2. The molecule has 29 heavy (non-hydrogen) atoms. The lowest BCUT2D eigenvalue weighted by atomic mass is 10.2. The molecule has 0 radical (unpaired) electrons. The summed E-state index contributed by atoms with van der Waals surface area (Å²) in [5.74, 6) is 1.23. The first-order valence-corrected chi connectivity index (χ1v) is 10.9. The first-order valence-electron chi connectivity index (χ1n) is 9.04. The van der Waals surface area contributed by atoms with Gasteiger partial charge < -0.3 is 13.7 Å². The lowest BCUT2D eigenvalue weighted by Crippen LogP contribution is -2.10. The molecule has 4 rings (SSSR count). The Hall–Kier alpha value is -3.20. The van der Waals surface area contributed by atoms with Crippen LogP contribution in [0.15, 0.2) is 57.5 Å². The molecule has 8 nitrogen and oxygen atoms in total. The molecule has 0 unspecified atom stereocenters. The van der Waals surface area contributed by atoms with E-state index in [0.717, 1.165) is 5.52 Å². The molecule has 0 fully saturated rings. The maximum atomic E-state index is 12.4. The third-order valence-corrected chi connectivity index (χ3v) is 5.92. The molecular formula is C20H19N3O5S. The van der Waals surface area contributed by atoms with Crippen LogP contribution in [0.5, 0.6) is 5.75 Å². The molecule has 0 aliphatic carbocycles. The number of para-hydroxylation sites is 2. The standard InChI is InChI=1S/C20H19N3O5S/c1-26-15-7-4-6-14(12-15)20-22-19(28-23-20)13-29(24,25)11-5-10-18-21-16-8-2-3-9-17(16)27-18/h2-4,6-9,12H,5,10-11,13H2,1H3. The smallest absolute Gasteiger partial charge is 0.242 e. The summed E-state index contributed by atoms with van der Waals surface area (Å²) in [5.41, 5.74) is 2.15. The lowest BCUT2D eigenvalue weighted by molar-refractivity contribution is 0.389. The van der Waals surface area contributed by atoms with Crippen LogP contribution in [-0.4, -0.2) is 36.4 Å². The zero-order valence-electron chi connectivity index (χ0n) is 15.7. The minimum Gasteiger partial charge on any atom is -0.497 e. The largest absolute Gasteiger partial charge is 0.497 e. The fraction of sp³-hybridized carbons (Fsp3) is 0.250. The Morgan fingerprint density at radius 1 is 1.03 bits per heavy atom. The van der Waals surface area contributed by atoms with E-state index in [2.05, 4.69) is 15.1 Å². The van der Waals surface area contributed by atoms with Gasteiger partial charge in [0.2, 0.25) is 11.7 Å². The maximum Gasteiger partial charge on any atom is 0.242 e. The van der Waals surface area contributed by atoms with Crippen molar-refractivity contribution in [3.8, 4) is 17.1 Å². The van der Waals surface area contributed by atoms with Gasteiger partial charge in [-0.1, -0.05) is 29.4 Å². The van der Waals surface area contributed by atoms with Crippen LogP contribution in [0.3, 0.4) is 0 Å². The Morgan fingerprint density at radius 2 is 1.90 bits per heavy atom. The highest BCUT2D eigenvalue weighted by molar-refractivity contribution is 7.90. The highest BCUT2D eigenvalue weighted by Crippen LogP contribution is 2.22. The molecule has 0 amide bonds. The van der Waals surface area contributed by atoms with Crippen molar-refractivity contribution in [1.29, 1.82) is 0 Å². The molecule has 2 aromatic carbocycles. The zero-order valence-corrected chi connectivity index (χ0v) is 16.6. The summed E-state index contributed by atoms with van der Waals surface area (Å²) in [7, 11) is -1.84. The molecule has 0 saturated carbocycles. The van der Waals surface area contributed by atoms with Gasteiger partial charge in [-0.2, -0.15) is 4.98 Å². The minimum atomic E-state index is -3.41. The van der Waals surface area contributed by atoms with Crippen LogP contribution in [0.2, 0.25) is 0 Å². The molecule has 0 bridgehead atoms. The van der Waals surface area contributed by atoms with Gasteiger partial charge >= 0.3 is 0 Å². The van der Waals surface area contributed by atoms with Gasteiger partial charge in [-0.15, -0.1) is 0 Å². The summed E-state index contributed by atoms with van der Waals surface area (Å²) in [6.07, 6.45) is 0.832. The van der Waals surface area contributed by atoms with Crippen molar-refractivity contribution >= 4 is 20.9 Å². The van der Waals surface area contributed by atoms with Crippen LogP contribution in [0.4, 0.5) is 0 Å². The van der Waals surface area contributed by atoms with Gasteiger partial charge in [0.1, 0.15) is 17.0 Å². The van der Waals surface area contributed by atoms with Gasteiger partial charge in [0.15, 0.2) is 21.3 Å². The Balaban J connectivity index is 1.36. The van der Waals surface area contributed by atoms with Crippen LogP contribution >= 0.6 is 0 Å². The third-order valence-electron chi connectivity index (χ3n) is 4.32. The molecule has 0 saturated heterocycles. The van der Waals surface area contributed by atoms with Gasteiger partial charge in [0.25, 0.3) is 0 Å². The topological polar surface area (TPSA) is 108 Å². The second kappa shape index (κ2) is 8.04. The summed E-state index contributed by atoms with van der Waals surface area (Å²) < 4.78 is 40.7. The van der Waals surface area contributed by atoms with E-state index in [0.29, 0.717) is 41.5 Å². The number of aromatic nitrogens is 3. The SMILES string of the molecule is COc1cccc(-c2noc(CS(=O)(=O)CCCc3nc4ccccc4o3)n2)c1. The molecule has 0 aliphatic rings. The predicted molar refractivity (Wildman–Crippen MR) is 106 cm³/mol. The highest BCUT2D eigenvalue weighted by atomic mass is 32.2. The van der Waals surface area contributed by atoms with Gasteiger partial charge in [-0.25, -0.2) is 13.4 Å². The average Bonchev–Trinajstić information content (AvgIpc) is 3.34. The fourth-order valence-electron chi connectivity index (χ4n) is 2.92. The van der Waals surface area contributed by atoms with E-state index >= 15 is 0 Å². The van der Waals surface area contributed by atoms with E-state index < -0.39 is 9.84 Å². The number of sulfone groups is 1. The van der Waals surface area contributed by atoms with E-state index in [1.165, 1.54) is 0 Å². The first kappa shape index (κ1) is 19.1. The Bertz CT molecular complexity index is 1200. The van der Waals surface area contributed by atoms with Crippen molar-refractivity contribution in [3.63, 3.8) is 0 Å². The number of methoxy groups -OCH3 is 1. The van der Waals surface area contributed by atoms with Crippen LogP contribution in [-0.2, 0) is 22.0 Å². The van der Waals surface area contributed by atoms with E-state index in [4.69, 9.17) is 13.7 Å². The van der Waals surface area contributed by atoms with Crippen molar-refractivity contribution in [2.75, 3.05) is 12.9 Å². The predicted octanol–water partition coefficient (Wildman–Crippen LogP) is 3.43. The van der Waals surface area contributed by atoms with Gasteiger partial charge in [-0.05, 0) is 30.7 Å². The van der Waals surface area contributed by atoms with Crippen molar-refractivity contribution in [1.82, 2.24) is 15.1 Å². The molecule has 0 aliphatic heterocycles. The van der Waals surface area contributed by atoms with E-state index in [1.54, 1.807) is 31.4 Å². The quantitative estimate of drug-likeness (QED) is 0.432. The van der Waals surface area contributed by atoms with Gasteiger partial charge in [0, 0.05) is 12.0 Å². The van der Waals surface area contributed by atoms with Crippen LogP contribution < -0.4 is 4.74 Å². The summed E-state index contributed by atoms with van der Waals surface area (Å²) in [5, 5.41) is 3.87. The van der Waals surface area contributed by atoms with Crippen molar-refractivity contribution in [2.45, 2.75) is 18.6 Å². The summed E-state index contributed by atoms with van der Waals surface area (Å²) >= 11 is 0. The van der Waals surface area contributed by atoms with Crippen LogP contribution in [0.25, 0.3) is 22.5 Å². The molecule has 0 N–H and O–H groups in total. The Morgan fingerprint density at radius 3 is 2.72 bits per heavy atom. The normalized spacial score (nSPS) is 11.8. The number of hydrogen-bond acceptors (Lipinski definition) is 8. The Labute approximate surface area is 167 Å². The van der Waals surface area contributed by atoms with Gasteiger partial charge in [-0.3, -0.25) is 0 Å². The molecular weight excluding hydrogens is 394 g/mol.